The standard InChI is InChI=1S/C22H36N2O/c1-3-5-7-8-9-10-11-15-19-22(25)24-23-21(18-6-4-2)20-16-13-12-14-17-20/h12-14,16-17H,3-11,15,18-19H2,1-2H3,(H,24,25). The van der Waals surface area contributed by atoms with Crippen LogP contribution in [0.2, 0.25) is 0 Å². The third kappa shape index (κ3) is 10.8. The lowest BCUT2D eigenvalue weighted by Gasteiger charge is -2.07. The summed E-state index contributed by atoms with van der Waals surface area (Å²) in [6, 6.07) is 10.1. The van der Waals surface area contributed by atoms with E-state index in [9.17, 15) is 4.79 Å². The number of benzene rings is 1. The summed E-state index contributed by atoms with van der Waals surface area (Å²) in [7, 11) is 0. The predicted octanol–water partition coefficient (Wildman–Crippen LogP) is 6.23. The molecule has 0 aliphatic heterocycles. The van der Waals surface area contributed by atoms with Gasteiger partial charge in [-0.25, -0.2) is 5.43 Å². The summed E-state index contributed by atoms with van der Waals surface area (Å²) in [5.41, 5.74) is 4.84. The van der Waals surface area contributed by atoms with Crippen LogP contribution in [0, 0.1) is 0 Å². The molecule has 1 rings (SSSR count). The van der Waals surface area contributed by atoms with Crippen molar-refractivity contribution in [1.82, 2.24) is 5.43 Å². The minimum Gasteiger partial charge on any atom is -0.273 e. The highest BCUT2D eigenvalue weighted by Crippen LogP contribution is 2.10. The second kappa shape index (κ2) is 14.7. The van der Waals surface area contributed by atoms with E-state index >= 15 is 0 Å². The predicted molar refractivity (Wildman–Crippen MR) is 108 cm³/mol. The minimum atomic E-state index is 0.0379. The zero-order chi connectivity index (χ0) is 18.2. The molecule has 3 heteroatoms. The SMILES string of the molecule is CCCCCCCCCCC(=O)NN=C(CCCC)c1ccccc1. The summed E-state index contributed by atoms with van der Waals surface area (Å²) in [4.78, 5) is 12.0. The molecule has 0 spiro atoms. The van der Waals surface area contributed by atoms with Crippen molar-refractivity contribution in [3.05, 3.63) is 35.9 Å². The Balaban J connectivity index is 2.27. The molecule has 1 aromatic rings. The molecule has 25 heavy (non-hydrogen) atoms. The molecule has 0 saturated heterocycles. The zero-order valence-electron chi connectivity index (χ0n) is 16.2. The van der Waals surface area contributed by atoms with Crippen LogP contribution in [0.5, 0.6) is 0 Å². The number of amides is 1. The molecule has 0 unspecified atom stereocenters. The fourth-order valence-corrected chi connectivity index (χ4v) is 2.84. The number of rotatable bonds is 14. The first kappa shape index (κ1) is 21.4. The fraction of sp³-hybridized carbons (Fsp3) is 0.636. The van der Waals surface area contributed by atoms with E-state index in [2.05, 4.69) is 36.5 Å². The minimum absolute atomic E-state index is 0.0379. The van der Waals surface area contributed by atoms with Gasteiger partial charge in [-0.05, 0) is 24.8 Å². The maximum absolute atomic E-state index is 12.0. The topological polar surface area (TPSA) is 41.5 Å². The van der Waals surface area contributed by atoms with E-state index in [0.717, 1.165) is 43.4 Å². The van der Waals surface area contributed by atoms with Crippen LogP contribution in [0.3, 0.4) is 0 Å². The van der Waals surface area contributed by atoms with Gasteiger partial charge in [-0.1, -0.05) is 95.5 Å². The molecular weight excluding hydrogens is 308 g/mol. The van der Waals surface area contributed by atoms with E-state index in [1.54, 1.807) is 0 Å². The Labute approximate surface area is 154 Å². The molecule has 140 valence electrons. The molecule has 0 aromatic heterocycles. The summed E-state index contributed by atoms with van der Waals surface area (Å²) in [6.07, 6.45) is 13.7. The van der Waals surface area contributed by atoms with Gasteiger partial charge in [0.15, 0.2) is 0 Å². The summed E-state index contributed by atoms with van der Waals surface area (Å²) < 4.78 is 0. The van der Waals surface area contributed by atoms with Gasteiger partial charge in [-0.3, -0.25) is 4.79 Å². The molecule has 1 N–H and O–H groups in total. The highest BCUT2D eigenvalue weighted by atomic mass is 16.2. The van der Waals surface area contributed by atoms with Crippen LogP contribution in [0.4, 0.5) is 0 Å². The van der Waals surface area contributed by atoms with Crippen molar-refractivity contribution < 1.29 is 4.79 Å². The van der Waals surface area contributed by atoms with E-state index < -0.39 is 0 Å². The second-order valence-electron chi connectivity index (χ2n) is 6.79. The number of unbranched alkanes of at least 4 members (excludes halogenated alkanes) is 8. The highest BCUT2D eigenvalue weighted by Gasteiger charge is 2.05. The third-order valence-corrected chi connectivity index (χ3v) is 4.45. The molecule has 0 radical (unpaired) electrons. The summed E-state index contributed by atoms with van der Waals surface area (Å²) >= 11 is 0. The van der Waals surface area contributed by atoms with Crippen LogP contribution in [-0.2, 0) is 4.79 Å². The number of hydrazone groups is 1. The van der Waals surface area contributed by atoms with Gasteiger partial charge in [-0.2, -0.15) is 5.10 Å². The monoisotopic (exact) mass is 344 g/mol. The van der Waals surface area contributed by atoms with E-state index in [4.69, 9.17) is 0 Å². The first-order valence-electron chi connectivity index (χ1n) is 10.2. The van der Waals surface area contributed by atoms with Crippen LogP contribution in [0.15, 0.2) is 35.4 Å². The van der Waals surface area contributed by atoms with Crippen LogP contribution in [0.25, 0.3) is 0 Å². The molecule has 3 nitrogen and oxygen atoms in total. The Morgan fingerprint density at radius 2 is 1.40 bits per heavy atom. The molecule has 0 saturated carbocycles. The van der Waals surface area contributed by atoms with Gasteiger partial charge in [0.25, 0.3) is 0 Å². The van der Waals surface area contributed by atoms with Gasteiger partial charge < -0.3 is 0 Å². The molecule has 1 amide bonds. The van der Waals surface area contributed by atoms with E-state index in [-0.39, 0.29) is 5.91 Å². The van der Waals surface area contributed by atoms with Crippen molar-refractivity contribution >= 4 is 11.6 Å². The van der Waals surface area contributed by atoms with Crippen LogP contribution in [-0.4, -0.2) is 11.6 Å². The normalized spacial score (nSPS) is 11.5. The number of carbonyl (C=O) groups excluding carboxylic acids is 1. The largest absolute Gasteiger partial charge is 0.273 e. The second-order valence-corrected chi connectivity index (χ2v) is 6.79. The number of carbonyl (C=O) groups is 1. The zero-order valence-corrected chi connectivity index (χ0v) is 16.2. The summed E-state index contributed by atoms with van der Waals surface area (Å²) in [5, 5.41) is 4.40. The number of nitrogens with one attached hydrogen (secondary N) is 1. The molecule has 0 atom stereocenters. The first-order valence-corrected chi connectivity index (χ1v) is 10.2. The maximum Gasteiger partial charge on any atom is 0.240 e. The number of hydrogen-bond donors (Lipinski definition) is 1. The van der Waals surface area contributed by atoms with E-state index in [1.807, 2.05) is 18.2 Å². The summed E-state index contributed by atoms with van der Waals surface area (Å²) in [5.74, 6) is 0.0379. The average molecular weight is 345 g/mol. The Hall–Kier alpha value is -1.64. The molecule has 0 fully saturated rings. The highest BCUT2D eigenvalue weighted by molar-refractivity contribution is 6.01. The van der Waals surface area contributed by atoms with Crippen molar-refractivity contribution in [3.8, 4) is 0 Å². The van der Waals surface area contributed by atoms with Crippen LogP contribution in [0.1, 0.15) is 96.5 Å². The van der Waals surface area contributed by atoms with Gasteiger partial charge in [0.2, 0.25) is 5.91 Å². The number of nitrogens with zero attached hydrogens (tertiary/aromatic N) is 1. The Bertz CT molecular complexity index is 482. The fourth-order valence-electron chi connectivity index (χ4n) is 2.84. The number of hydrogen-bond acceptors (Lipinski definition) is 2. The van der Waals surface area contributed by atoms with Crippen LogP contribution < -0.4 is 5.43 Å². The van der Waals surface area contributed by atoms with Crippen molar-refractivity contribution in [2.24, 2.45) is 5.10 Å². The van der Waals surface area contributed by atoms with Gasteiger partial charge in [0, 0.05) is 6.42 Å². The Morgan fingerprint density at radius 3 is 2.04 bits per heavy atom. The van der Waals surface area contributed by atoms with Crippen molar-refractivity contribution in [1.29, 1.82) is 0 Å². The Morgan fingerprint density at radius 1 is 0.800 bits per heavy atom. The smallest absolute Gasteiger partial charge is 0.240 e. The molecular formula is C22H36N2O. The maximum atomic E-state index is 12.0. The quantitative estimate of drug-likeness (QED) is 0.243. The lowest BCUT2D eigenvalue weighted by Crippen LogP contribution is -2.19. The van der Waals surface area contributed by atoms with Gasteiger partial charge in [0.05, 0.1) is 5.71 Å². The summed E-state index contributed by atoms with van der Waals surface area (Å²) in [6.45, 7) is 4.41. The van der Waals surface area contributed by atoms with Gasteiger partial charge in [-0.15, -0.1) is 0 Å². The van der Waals surface area contributed by atoms with Gasteiger partial charge in [0.1, 0.15) is 0 Å². The van der Waals surface area contributed by atoms with E-state index in [0.29, 0.717) is 6.42 Å². The molecule has 0 aliphatic carbocycles. The lowest BCUT2D eigenvalue weighted by atomic mass is 10.1. The molecule has 0 aliphatic rings. The Kier molecular flexibility index (Phi) is 12.6. The molecule has 0 bridgehead atoms. The van der Waals surface area contributed by atoms with Crippen molar-refractivity contribution in [2.75, 3.05) is 0 Å². The third-order valence-electron chi connectivity index (χ3n) is 4.45. The van der Waals surface area contributed by atoms with Crippen molar-refractivity contribution in [2.45, 2.75) is 90.9 Å². The molecule has 1 aromatic carbocycles. The average Bonchev–Trinajstić information content (AvgIpc) is 2.64. The van der Waals surface area contributed by atoms with Crippen molar-refractivity contribution in [3.63, 3.8) is 0 Å². The molecule has 0 heterocycles. The lowest BCUT2D eigenvalue weighted by molar-refractivity contribution is -0.121. The van der Waals surface area contributed by atoms with Crippen LogP contribution >= 0.6 is 0 Å². The van der Waals surface area contributed by atoms with Gasteiger partial charge >= 0.3 is 0 Å². The first-order chi connectivity index (χ1) is 12.3. The van der Waals surface area contributed by atoms with E-state index in [1.165, 1.54) is 38.5 Å².